The van der Waals surface area contributed by atoms with E-state index >= 15 is 0 Å². The maximum Gasteiger partial charge on any atom is 0.230 e. The number of likely N-dealkylation sites (tertiary alicyclic amines) is 1. The predicted octanol–water partition coefficient (Wildman–Crippen LogP) is 2.07. The zero-order valence-electron chi connectivity index (χ0n) is 17.1. The van der Waals surface area contributed by atoms with Crippen molar-refractivity contribution in [3.05, 3.63) is 0 Å². The Hall–Kier alpha value is -1.30. The third-order valence-corrected chi connectivity index (χ3v) is 5.88. The number of hydrogen-bond donors (Lipinski definition) is 2. The number of nitrogens with zero attached hydrogens (tertiary/aromatic N) is 3. The molecule has 1 saturated heterocycles. The second kappa shape index (κ2) is 10.8. The van der Waals surface area contributed by atoms with Crippen molar-refractivity contribution in [2.45, 2.75) is 57.8 Å². The van der Waals surface area contributed by atoms with E-state index in [1.807, 2.05) is 14.1 Å². The molecule has 0 bridgehead atoms. The van der Waals surface area contributed by atoms with Gasteiger partial charge in [0.1, 0.15) is 0 Å². The molecule has 1 saturated carbocycles. The lowest BCUT2D eigenvalue weighted by Crippen LogP contribution is -2.49. The topological polar surface area (TPSA) is 60.0 Å². The van der Waals surface area contributed by atoms with Crippen LogP contribution < -0.4 is 10.6 Å². The first-order valence-corrected chi connectivity index (χ1v) is 10.5. The largest absolute Gasteiger partial charge is 0.356 e. The van der Waals surface area contributed by atoms with Gasteiger partial charge < -0.3 is 20.4 Å². The number of carbonyl (C=O) groups excluding carboxylic acids is 1. The Bertz CT molecular complexity index is 449. The zero-order valence-corrected chi connectivity index (χ0v) is 17.1. The molecule has 2 rings (SSSR count). The Kier molecular flexibility index (Phi) is 8.69. The fraction of sp³-hybridized carbons (Fsp3) is 0.900. The summed E-state index contributed by atoms with van der Waals surface area (Å²) in [5.41, 5.74) is -0.257. The average Bonchev–Trinajstić information content (AvgIpc) is 2.97. The Morgan fingerprint density at radius 1 is 1.04 bits per heavy atom. The molecule has 0 spiro atoms. The van der Waals surface area contributed by atoms with Crippen molar-refractivity contribution in [2.24, 2.45) is 10.4 Å². The minimum absolute atomic E-state index is 0.249. The molecule has 0 aromatic carbocycles. The Labute approximate surface area is 159 Å². The molecule has 0 unspecified atom stereocenters. The molecule has 0 radical (unpaired) electrons. The van der Waals surface area contributed by atoms with E-state index in [0.717, 1.165) is 51.2 Å². The molecule has 0 aromatic heterocycles. The summed E-state index contributed by atoms with van der Waals surface area (Å²) in [6.45, 7) is 5.26. The van der Waals surface area contributed by atoms with Crippen LogP contribution in [-0.4, -0.2) is 75.5 Å². The van der Waals surface area contributed by atoms with Crippen molar-refractivity contribution in [1.82, 2.24) is 20.4 Å². The molecule has 1 amide bonds. The van der Waals surface area contributed by atoms with Crippen molar-refractivity contribution in [1.29, 1.82) is 0 Å². The molecule has 6 heteroatoms. The van der Waals surface area contributed by atoms with Crippen LogP contribution in [0.1, 0.15) is 57.8 Å². The average molecular weight is 366 g/mol. The van der Waals surface area contributed by atoms with E-state index in [4.69, 9.17) is 0 Å². The van der Waals surface area contributed by atoms with E-state index < -0.39 is 0 Å². The van der Waals surface area contributed by atoms with Gasteiger partial charge in [-0.1, -0.05) is 25.7 Å². The summed E-state index contributed by atoms with van der Waals surface area (Å²) >= 11 is 0. The highest BCUT2D eigenvalue weighted by molar-refractivity contribution is 5.85. The lowest BCUT2D eigenvalue weighted by molar-refractivity contribution is -0.138. The number of amides is 1. The summed E-state index contributed by atoms with van der Waals surface area (Å²) in [5, 5.41) is 6.84. The van der Waals surface area contributed by atoms with Crippen LogP contribution >= 0.6 is 0 Å². The minimum atomic E-state index is -0.257. The van der Waals surface area contributed by atoms with Gasteiger partial charge in [0, 0.05) is 34.2 Å². The van der Waals surface area contributed by atoms with E-state index in [2.05, 4.69) is 20.5 Å². The van der Waals surface area contributed by atoms with Gasteiger partial charge in [-0.2, -0.15) is 0 Å². The molecule has 1 heterocycles. The van der Waals surface area contributed by atoms with Gasteiger partial charge in [-0.3, -0.25) is 9.79 Å². The van der Waals surface area contributed by atoms with Crippen molar-refractivity contribution < 1.29 is 4.79 Å². The monoisotopic (exact) mass is 365 g/mol. The van der Waals surface area contributed by atoms with Crippen LogP contribution in [0, 0.1) is 5.41 Å². The summed E-state index contributed by atoms with van der Waals surface area (Å²) in [5.74, 6) is 1.07. The van der Waals surface area contributed by atoms with Gasteiger partial charge in [-0.25, -0.2) is 0 Å². The van der Waals surface area contributed by atoms with Crippen molar-refractivity contribution in [2.75, 3.05) is 53.9 Å². The van der Waals surface area contributed by atoms with Gasteiger partial charge in [0.15, 0.2) is 5.96 Å². The predicted molar refractivity (Wildman–Crippen MR) is 108 cm³/mol. The van der Waals surface area contributed by atoms with Crippen LogP contribution in [0.4, 0.5) is 0 Å². The first-order chi connectivity index (χ1) is 12.6. The van der Waals surface area contributed by atoms with Crippen LogP contribution in [0.3, 0.4) is 0 Å². The Balaban J connectivity index is 1.72. The highest BCUT2D eigenvalue weighted by atomic mass is 16.2. The highest BCUT2D eigenvalue weighted by Gasteiger charge is 2.42. The summed E-state index contributed by atoms with van der Waals surface area (Å²) in [6.07, 6.45) is 10.8. The van der Waals surface area contributed by atoms with Gasteiger partial charge in [0.25, 0.3) is 0 Å². The molecule has 6 nitrogen and oxygen atoms in total. The number of hydrogen-bond acceptors (Lipinski definition) is 3. The van der Waals surface area contributed by atoms with Crippen LogP contribution in [0.15, 0.2) is 4.99 Å². The van der Waals surface area contributed by atoms with Crippen LogP contribution in [-0.2, 0) is 4.79 Å². The molecule has 2 aliphatic rings. The number of carbonyl (C=O) groups is 1. The van der Waals surface area contributed by atoms with Gasteiger partial charge in [0.05, 0.1) is 5.41 Å². The molecule has 0 aromatic rings. The van der Waals surface area contributed by atoms with E-state index in [1.54, 1.807) is 11.9 Å². The third-order valence-electron chi connectivity index (χ3n) is 5.88. The Morgan fingerprint density at radius 3 is 2.27 bits per heavy atom. The van der Waals surface area contributed by atoms with E-state index in [9.17, 15) is 4.79 Å². The van der Waals surface area contributed by atoms with Crippen LogP contribution in [0.5, 0.6) is 0 Å². The molecule has 1 aliphatic carbocycles. The first-order valence-electron chi connectivity index (χ1n) is 10.5. The molecule has 26 heavy (non-hydrogen) atoms. The number of aliphatic imine (C=N–C) groups is 1. The smallest absolute Gasteiger partial charge is 0.230 e. The molecular weight excluding hydrogens is 326 g/mol. The van der Waals surface area contributed by atoms with E-state index in [-0.39, 0.29) is 11.3 Å². The standard InChI is InChI=1S/C20H39N5O/c1-21-19(22-13-10-16-25-14-8-4-5-9-15-25)23-17-20(11-6-7-12-20)18(26)24(2)3/h4-17H2,1-3H3,(H2,21,22,23). The summed E-state index contributed by atoms with van der Waals surface area (Å²) in [6, 6.07) is 0. The normalized spacial score (nSPS) is 21.3. The Morgan fingerprint density at radius 2 is 1.69 bits per heavy atom. The fourth-order valence-corrected chi connectivity index (χ4v) is 4.34. The zero-order chi connectivity index (χ0) is 18.8. The van der Waals surface area contributed by atoms with Gasteiger partial charge >= 0.3 is 0 Å². The van der Waals surface area contributed by atoms with Gasteiger partial charge in [-0.05, 0) is 51.7 Å². The highest BCUT2D eigenvalue weighted by Crippen LogP contribution is 2.38. The number of guanidine groups is 1. The third kappa shape index (κ3) is 6.15. The fourth-order valence-electron chi connectivity index (χ4n) is 4.34. The van der Waals surface area contributed by atoms with Crippen molar-refractivity contribution in [3.63, 3.8) is 0 Å². The second-order valence-electron chi connectivity index (χ2n) is 8.15. The number of nitrogens with one attached hydrogen (secondary N) is 2. The van der Waals surface area contributed by atoms with Crippen LogP contribution in [0.2, 0.25) is 0 Å². The number of rotatable bonds is 7. The maximum absolute atomic E-state index is 12.7. The second-order valence-corrected chi connectivity index (χ2v) is 8.15. The maximum atomic E-state index is 12.7. The molecular formula is C20H39N5O. The molecule has 0 atom stereocenters. The van der Waals surface area contributed by atoms with Crippen molar-refractivity contribution >= 4 is 11.9 Å². The molecule has 1 aliphatic heterocycles. The molecule has 150 valence electrons. The van der Waals surface area contributed by atoms with Crippen molar-refractivity contribution in [3.8, 4) is 0 Å². The van der Waals surface area contributed by atoms with Gasteiger partial charge in [0.2, 0.25) is 5.91 Å². The van der Waals surface area contributed by atoms with E-state index in [1.165, 1.54) is 38.8 Å². The van der Waals surface area contributed by atoms with Gasteiger partial charge in [-0.15, -0.1) is 0 Å². The lowest BCUT2D eigenvalue weighted by atomic mass is 9.84. The molecule has 2 fully saturated rings. The summed E-state index contributed by atoms with van der Waals surface area (Å²) in [7, 11) is 5.52. The molecule has 2 N–H and O–H groups in total. The van der Waals surface area contributed by atoms with Crippen LogP contribution in [0.25, 0.3) is 0 Å². The first kappa shape index (κ1) is 21.0. The van der Waals surface area contributed by atoms with E-state index in [0.29, 0.717) is 6.54 Å². The lowest BCUT2D eigenvalue weighted by Gasteiger charge is -2.31. The SMILES string of the molecule is CN=C(NCCCN1CCCCCC1)NCC1(C(=O)N(C)C)CCCC1. The summed E-state index contributed by atoms with van der Waals surface area (Å²) < 4.78 is 0. The minimum Gasteiger partial charge on any atom is -0.356 e. The summed E-state index contributed by atoms with van der Waals surface area (Å²) in [4.78, 5) is 21.3. The quantitative estimate of drug-likeness (QED) is 0.412.